The highest BCUT2D eigenvalue weighted by Gasteiger charge is 2.25. The highest BCUT2D eigenvalue weighted by molar-refractivity contribution is 5.71. The van der Waals surface area contributed by atoms with Gasteiger partial charge < -0.3 is 28.5 Å². The summed E-state index contributed by atoms with van der Waals surface area (Å²) in [4.78, 5) is 36.7. The Hall–Kier alpha value is -2.49. The first-order valence-corrected chi connectivity index (χ1v) is 18.7. The average molecular weight is 681 g/mol. The SMILES string of the molecule is CC/C=C\C/C=C\C/C=C\CCCCCCCCCC(=O)OC(COC(=O)CCCCCCCC)COC(OCC[N+](C)(C)C)C(=O)O. The minimum atomic E-state index is -1.51. The molecule has 0 aliphatic rings. The quantitative estimate of drug-likeness (QED) is 0.0241. The molecule has 48 heavy (non-hydrogen) atoms. The van der Waals surface area contributed by atoms with Gasteiger partial charge in [0.2, 0.25) is 0 Å². The predicted molar refractivity (Wildman–Crippen MR) is 194 cm³/mol. The van der Waals surface area contributed by atoms with Crippen molar-refractivity contribution in [3.8, 4) is 0 Å². The van der Waals surface area contributed by atoms with E-state index in [2.05, 4.69) is 50.3 Å². The molecule has 278 valence electrons. The van der Waals surface area contributed by atoms with Crippen molar-refractivity contribution in [1.82, 2.24) is 0 Å². The second kappa shape index (κ2) is 31.8. The molecule has 0 aromatic rings. The smallest absolute Gasteiger partial charge is 0.361 e. The summed E-state index contributed by atoms with van der Waals surface area (Å²) in [5.41, 5.74) is 0. The van der Waals surface area contributed by atoms with E-state index < -0.39 is 24.3 Å². The highest BCUT2D eigenvalue weighted by Crippen LogP contribution is 2.12. The van der Waals surface area contributed by atoms with Crippen LogP contribution in [0.5, 0.6) is 0 Å². The fraction of sp³-hybridized carbons (Fsp3) is 0.769. The zero-order valence-electron chi connectivity index (χ0n) is 31.1. The van der Waals surface area contributed by atoms with Gasteiger partial charge in [0.1, 0.15) is 13.2 Å². The van der Waals surface area contributed by atoms with Crippen molar-refractivity contribution in [3.63, 3.8) is 0 Å². The zero-order valence-corrected chi connectivity index (χ0v) is 31.1. The second-order valence-corrected chi connectivity index (χ2v) is 13.5. The van der Waals surface area contributed by atoms with Crippen LogP contribution in [0.25, 0.3) is 0 Å². The van der Waals surface area contributed by atoms with Gasteiger partial charge in [0.05, 0.1) is 34.4 Å². The first kappa shape index (κ1) is 45.5. The summed E-state index contributed by atoms with van der Waals surface area (Å²) in [7, 11) is 5.93. The van der Waals surface area contributed by atoms with Crippen molar-refractivity contribution in [1.29, 1.82) is 0 Å². The number of hydrogen-bond donors (Lipinski definition) is 1. The van der Waals surface area contributed by atoms with Gasteiger partial charge in [0, 0.05) is 12.8 Å². The predicted octanol–water partition coefficient (Wildman–Crippen LogP) is 8.71. The van der Waals surface area contributed by atoms with E-state index in [0.717, 1.165) is 70.6 Å². The van der Waals surface area contributed by atoms with Crippen molar-refractivity contribution in [2.24, 2.45) is 0 Å². The van der Waals surface area contributed by atoms with Gasteiger partial charge in [-0.1, -0.05) is 115 Å². The number of quaternary nitrogens is 1. The number of nitrogens with zero attached hydrogens (tertiary/aromatic N) is 1. The lowest BCUT2D eigenvalue weighted by molar-refractivity contribution is -0.870. The molecule has 9 heteroatoms. The number of carbonyl (C=O) groups is 3. The first-order valence-electron chi connectivity index (χ1n) is 18.7. The summed E-state index contributed by atoms with van der Waals surface area (Å²) in [6.45, 7) is 4.65. The van der Waals surface area contributed by atoms with Gasteiger partial charge in [-0.25, -0.2) is 4.79 Å². The van der Waals surface area contributed by atoms with Crippen LogP contribution in [0, 0.1) is 0 Å². The minimum Gasteiger partial charge on any atom is -0.477 e. The van der Waals surface area contributed by atoms with Crippen molar-refractivity contribution in [2.75, 3.05) is 47.5 Å². The zero-order chi connectivity index (χ0) is 35.7. The number of hydrogen-bond acceptors (Lipinski definition) is 7. The van der Waals surface area contributed by atoms with Gasteiger partial charge in [-0.3, -0.25) is 9.59 Å². The Bertz CT molecular complexity index is 893. The lowest BCUT2D eigenvalue weighted by atomic mass is 10.1. The number of unbranched alkanes of at least 4 members (excludes halogenated alkanes) is 12. The van der Waals surface area contributed by atoms with Gasteiger partial charge >= 0.3 is 17.9 Å². The Morgan fingerprint density at radius 3 is 1.77 bits per heavy atom. The minimum absolute atomic E-state index is 0.185. The molecule has 0 radical (unpaired) electrons. The van der Waals surface area contributed by atoms with Gasteiger partial charge in [-0.05, 0) is 44.9 Å². The molecule has 0 aromatic carbocycles. The first-order chi connectivity index (χ1) is 23.1. The van der Waals surface area contributed by atoms with E-state index in [-0.39, 0.29) is 32.2 Å². The summed E-state index contributed by atoms with van der Waals surface area (Å²) in [5.74, 6) is -2.04. The number of carbonyl (C=O) groups excluding carboxylic acids is 2. The molecular formula is C39H70NO8+. The summed E-state index contributed by atoms with van der Waals surface area (Å²) in [6.07, 6.45) is 29.4. The van der Waals surface area contributed by atoms with E-state index in [1.807, 2.05) is 21.1 Å². The molecule has 0 saturated carbocycles. The molecule has 1 N–H and O–H groups in total. The van der Waals surface area contributed by atoms with E-state index in [1.54, 1.807) is 0 Å². The van der Waals surface area contributed by atoms with E-state index >= 15 is 0 Å². The average Bonchev–Trinajstić information content (AvgIpc) is 3.03. The maximum atomic E-state index is 12.6. The lowest BCUT2D eigenvalue weighted by Crippen LogP contribution is -2.40. The van der Waals surface area contributed by atoms with Crippen LogP contribution < -0.4 is 0 Å². The van der Waals surface area contributed by atoms with Crippen molar-refractivity contribution in [3.05, 3.63) is 36.5 Å². The number of ether oxygens (including phenoxy) is 4. The molecule has 9 nitrogen and oxygen atoms in total. The molecule has 0 fully saturated rings. The molecule has 0 aliphatic carbocycles. The molecule has 0 aliphatic heterocycles. The van der Waals surface area contributed by atoms with Gasteiger partial charge in [0.15, 0.2) is 6.10 Å². The molecule has 2 unspecified atom stereocenters. The Morgan fingerprint density at radius 2 is 1.19 bits per heavy atom. The number of likely N-dealkylation sites (N-methyl/N-ethyl adjacent to an activating group) is 1. The Morgan fingerprint density at radius 1 is 0.646 bits per heavy atom. The Labute approximate surface area is 292 Å². The number of aliphatic carboxylic acids is 1. The number of esters is 2. The van der Waals surface area contributed by atoms with Crippen LogP contribution in [-0.2, 0) is 33.3 Å². The topological polar surface area (TPSA) is 108 Å². The van der Waals surface area contributed by atoms with Gasteiger partial charge in [-0.15, -0.1) is 0 Å². The van der Waals surface area contributed by atoms with E-state index in [9.17, 15) is 19.5 Å². The molecule has 0 aromatic heterocycles. The van der Waals surface area contributed by atoms with E-state index in [0.29, 0.717) is 23.9 Å². The fourth-order valence-corrected chi connectivity index (χ4v) is 4.73. The Balaban J connectivity index is 4.46. The maximum absolute atomic E-state index is 12.6. The summed E-state index contributed by atoms with van der Waals surface area (Å²) < 4.78 is 22.5. The number of carboxylic acid groups (broad SMARTS) is 1. The normalized spacial score (nSPS) is 13.4. The maximum Gasteiger partial charge on any atom is 0.361 e. The van der Waals surface area contributed by atoms with Crippen LogP contribution >= 0.6 is 0 Å². The monoisotopic (exact) mass is 681 g/mol. The third kappa shape index (κ3) is 32.1. The summed E-state index contributed by atoms with van der Waals surface area (Å²) in [6, 6.07) is 0. The van der Waals surface area contributed by atoms with Crippen LogP contribution in [-0.4, -0.2) is 87.4 Å². The molecule has 0 bridgehead atoms. The van der Waals surface area contributed by atoms with Crippen LogP contribution in [0.1, 0.15) is 136 Å². The van der Waals surface area contributed by atoms with Crippen LogP contribution in [0.2, 0.25) is 0 Å². The molecular weight excluding hydrogens is 610 g/mol. The van der Waals surface area contributed by atoms with Crippen LogP contribution in [0.15, 0.2) is 36.5 Å². The molecule has 0 spiro atoms. The molecule has 0 saturated heterocycles. The van der Waals surface area contributed by atoms with E-state index in [4.69, 9.17) is 18.9 Å². The largest absolute Gasteiger partial charge is 0.477 e. The lowest BCUT2D eigenvalue weighted by Gasteiger charge is -2.25. The Kier molecular flexibility index (Phi) is 30.1. The van der Waals surface area contributed by atoms with Crippen molar-refractivity contribution >= 4 is 17.9 Å². The van der Waals surface area contributed by atoms with E-state index in [1.165, 1.54) is 32.1 Å². The third-order valence-electron chi connectivity index (χ3n) is 7.66. The van der Waals surface area contributed by atoms with Crippen molar-refractivity contribution in [2.45, 2.75) is 148 Å². The standard InChI is InChI=1S/C39H69NO8/c1-6-8-10-12-14-15-16-17-18-19-20-21-22-23-24-26-28-30-37(42)48-35(33-46-36(41)29-27-25-13-11-9-7-2)34-47-39(38(43)44)45-32-31-40(3,4)5/h8,10,14-15,17-18,35,39H,6-7,9,11-13,16,19-34H2,1-5H3/p+1/b10-8-,15-14-,18-17-. The second-order valence-electron chi connectivity index (χ2n) is 13.5. The summed E-state index contributed by atoms with van der Waals surface area (Å²) >= 11 is 0. The van der Waals surface area contributed by atoms with Crippen molar-refractivity contribution < 1.29 is 42.9 Å². The fourth-order valence-electron chi connectivity index (χ4n) is 4.73. The third-order valence-corrected chi connectivity index (χ3v) is 7.66. The van der Waals surface area contributed by atoms with Gasteiger partial charge in [0.25, 0.3) is 6.29 Å². The number of allylic oxidation sites excluding steroid dienone is 6. The van der Waals surface area contributed by atoms with Gasteiger partial charge in [-0.2, -0.15) is 0 Å². The van der Waals surface area contributed by atoms with Crippen LogP contribution in [0.4, 0.5) is 0 Å². The molecule has 0 rings (SSSR count). The molecule has 0 heterocycles. The number of rotatable bonds is 33. The molecule has 2 atom stereocenters. The van der Waals surface area contributed by atoms with Crippen LogP contribution in [0.3, 0.4) is 0 Å². The molecule has 0 amide bonds. The highest BCUT2D eigenvalue weighted by atomic mass is 16.7. The summed E-state index contributed by atoms with van der Waals surface area (Å²) in [5, 5.41) is 9.55. The number of carboxylic acids is 1.